The van der Waals surface area contributed by atoms with Crippen molar-refractivity contribution in [1.82, 2.24) is 0 Å². The van der Waals surface area contributed by atoms with Crippen LogP contribution in [0.25, 0.3) is 0 Å². The minimum Gasteiger partial charge on any atom is -0.319 e. The summed E-state index contributed by atoms with van der Waals surface area (Å²) in [5.41, 5.74) is 2.81. The van der Waals surface area contributed by atoms with Crippen molar-refractivity contribution in [2.24, 2.45) is 5.73 Å². The number of halogens is 8. The van der Waals surface area contributed by atoms with E-state index in [1.54, 1.807) is 0 Å². The van der Waals surface area contributed by atoms with E-state index >= 15 is 0 Å². The van der Waals surface area contributed by atoms with Gasteiger partial charge in [-0.3, -0.25) is 0 Å². The zero-order valence-electron chi connectivity index (χ0n) is 8.33. The molecule has 0 saturated heterocycles. The van der Waals surface area contributed by atoms with E-state index in [0.717, 1.165) is 0 Å². The molecule has 1 unspecified atom stereocenters. The van der Waals surface area contributed by atoms with Gasteiger partial charge in [-0.05, 0) is 0 Å². The number of benzene rings is 1. The Morgan fingerprint density at radius 2 is 1.28 bits per heavy atom. The van der Waals surface area contributed by atoms with Crippen LogP contribution in [0.1, 0.15) is 11.6 Å². The molecule has 0 aliphatic carbocycles. The summed E-state index contributed by atoms with van der Waals surface area (Å²) in [7, 11) is 0. The number of hydrogen-bond acceptors (Lipinski definition) is 1. The predicted molar refractivity (Wildman–Crippen MR) is 44.2 cm³/mol. The second kappa shape index (κ2) is 4.38. The zero-order chi connectivity index (χ0) is 14.3. The minimum atomic E-state index is -6.08. The lowest BCUT2D eigenvalue weighted by Gasteiger charge is -2.26. The summed E-state index contributed by atoms with van der Waals surface area (Å²) in [6.07, 6.45) is -6.08. The van der Waals surface area contributed by atoms with Gasteiger partial charge in [-0.1, -0.05) is 0 Å². The lowest BCUT2D eigenvalue weighted by atomic mass is 9.99. The molecule has 1 aromatic rings. The maximum atomic E-state index is 13.0. The SMILES string of the molecule is NC(c1c(F)cc(F)cc1F)C(F)(F)C(F)(F)F. The number of nitrogens with two attached hydrogens (primary N) is 1. The third-order valence-electron chi connectivity index (χ3n) is 2.12. The highest BCUT2D eigenvalue weighted by Gasteiger charge is 2.62. The number of alkyl halides is 5. The first kappa shape index (κ1) is 14.7. The smallest absolute Gasteiger partial charge is 0.319 e. The Morgan fingerprint density at radius 1 is 0.889 bits per heavy atom. The second-order valence-electron chi connectivity index (χ2n) is 3.38. The second-order valence-corrected chi connectivity index (χ2v) is 3.38. The molecule has 0 spiro atoms. The van der Waals surface area contributed by atoms with Gasteiger partial charge in [0.25, 0.3) is 0 Å². The van der Waals surface area contributed by atoms with E-state index in [1.807, 2.05) is 0 Å². The van der Waals surface area contributed by atoms with Gasteiger partial charge in [-0.25, -0.2) is 13.2 Å². The van der Waals surface area contributed by atoms with Gasteiger partial charge in [0.2, 0.25) is 0 Å². The predicted octanol–water partition coefficient (Wildman–Crippen LogP) is 3.30. The van der Waals surface area contributed by atoms with Crippen LogP contribution in [0.15, 0.2) is 12.1 Å². The van der Waals surface area contributed by atoms with Crippen LogP contribution >= 0.6 is 0 Å². The van der Waals surface area contributed by atoms with Crippen LogP contribution in [-0.4, -0.2) is 12.1 Å². The molecule has 0 amide bonds. The maximum absolute atomic E-state index is 13.0. The van der Waals surface area contributed by atoms with Crippen LogP contribution in [0.3, 0.4) is 0 Å². The summed E-state index contributed by atoms with van der Waals surface area (Å²) in [6, 6.07) is -3.38. The van der Waals surface area contributed by atoms with E-state index < -0.39 is 41.2 Å². The average molecular weight is 279 g/mol. The van der Waals surface area contributed by atoms with Crippen LogP contribution in [0.4, 0.5) is 35.1 Å². The normalized spacial score (nSPS) is 14.7. The van der Waals surface area contributed by atoms with Gasteiger partial charge in [-0.2, -0.15) is 22.0 Å². The van der Waals surface area contributed by atoms with Crippen LogP contribution < -0.4 is 5.73 Å². The molecule has 102 valence electrons. The summed E-state index contributed by atoms with van der Waals surface area (Å²) in [5, 5.41) is 0. The number of rotatable bonds is 2. The van der Waals surface area contributed by atoms with E-state index in [0.29, 0.717) is 0 Å². The van der Waals surface area contributed by atoms with Crippen molar-refractivity contribution in [2.45, 2.75) is 18.1 Å². The first-order valence-electron chi connectivity index (χ1n) is 4.33. The highest BCUT2D eigenvalue weighted by Crippen LogP contribution is 2.44. The van der Waals surface area contributed by atoms with Crippen molar-refractivity contribution in [3.63, 3.8) is 0 Å². The fourth-order valence-corrected chi connectivity index (χ4v) is 1.21. The highest BCUT2D eigenvalue weighted by molar-refractivity contribution is 5.26. The third-order valence-corrected chi connectivity index (χ3v) is 2.12. The lowest BCUT2D eigenvalue weighted by Crippen LogP contribution is -2.46. The number of hydrogen-bond donors (Lipinski definition) is 1. The summed E-state index contributed by atoms with van der Waals surface area (Å²) in [4.78, 5) is 0. The fourth-order valence-electron chi connectivity index (χ4n) is 1.21. The van der Waals surface area contributed by atoms with E-state index in [2.05, 4.69) is 5.73 Å². The first-order valence-corrected chi connectivity index (χ1v) is 4.33. The molecule has 1 nitrogen and oxygen atoms in total. The molecule has 0 fully saturated rings. The van der Waals surface area contributed by atoms with Crippen molar-refractivity contribution in [3.8, 4) is 0 Å². The van der Waals surface area contributed by atoms with E-state index in [4.69, 9.17) is 0 Å². The van der Waals surface area contributed by atoms with Gasteiger partial charge in [0, 0.05) is 17.7 Å². The van der Waals surface area contributed by atoms with Crippen molar-refractivity contribution < 1.29 is 35.1 Å². The van der Waals surface area contributed by atoms with Gasteiger partial charge in [0.1, 0.15) is 23.5 Å². The molecule has 0 saturated carbocycles. The Morgan fingerprint density at radius 3 is 1.61 bits per heavy atom. The Kier molecular flexibility index (Phi) is 3.57. The van der Waals surface area contributed by atoms with Gasteiger partial charge < -0.3 is 5.73 Å². The summed E-state index contributed by atoms with van der Waals surface area (Å²) in [5.74, 6) is -10.8. The van der Waals surface area contributed by atoms with Crippen LogP contribution in [0.5, 0.6) is 0 Å². The summed E-state index contributed by atoms with van der Waals surface area (Å²) >= 11 is 0. The van der Waals surface area contributed by atoms with Gasteiger partial charge in [0.05, 0.1) is 0 Å². The quantitative estimate of drug-likeness (QED) is 0.826. The third kappa shape index (κ3) is 2.40. The Labute approximate surface area is 95.2 Å². The zero-order valence-corrected chi connectivity index (χ0v) is 8.33. The minimum absolute atomic E-state index is 0.0370. The monoisotopic (exact) mass is 279 g/mol. The fraction of sp³-hybridized carbons (Fsp3) is 0.333. The molecular formula is C9H5F8N. The first-order chi connectivity index (χ1) is 7.98. The molecule has 0 heterocycles. The van der Waals surface area contributed by atoms with Gasteiger partial charge in [0.15, 0.2) is 0 Å². The Balaban J connectivity index is 3.32. The van der Waals surface area contributed by atoms with E-state index in [-0.39, 0.29) is 12.1 Å². The summed E-state index contributed by atoms with van der Waals surface area (Å²) in [6.45, 7) is 0. The molecule has 2 N–H and O–H groups in total. The van der Waals surface area contributed by atoms with Crippen LogP contribution in [-0.2, 0) is 0 Å². The molecule has 1 atom stereocenters. The van der Waals surface area contributed by atoms with Crippen molar-refractivity contribution in [3.05, 3.63) is 35.1 Å². The molecule has 0 bridgehead atoms. The molecule has 18 heavy (non-hydrogen) atoms. The molecular weight excluding hydrogens is 274 g/mol. The van der Waals surface area contributed by atoms with Crippen molar-refractivity contribution in [2.75, 3.05) is 0 Å². The van der Waals surface area contributed by atoms with Crippen molar-refractivity contribution >= 4 is 0 Å². The largest absolute Gasteiger partial charge is 0.455 e. The highest BCUT2D eigenvalue weighted by atomic mass is 19.4. The molecule has 0 aliphatic heterocycles. The van der Waals surface area contributed by atoms with E-state index in [1.165, 1.54) is 0 Å². The molecule has 0 aromatic heterocycles. The van der Waals surface area contributed by atoms with Crippen LogP contribution in [0.2, 0.25) is 0 Å². The average Bonchev–Trinajstić information content (AvgIpc) is 2.13. The van der Waals surface area contributed by atoms with Crippen LogP contribution in [0, 0.1) is 17.5 Å². The molecule has 0 aliphatic rings. The van der Waals surface area contributed by atoms with Gasteiger partial charge in [-0.15, -0.1) is 0 Å². The topological polar surface area (TPSA) is 26.0 Å². The maximum Gasteiger partial charge on any atom is 0.455 e. The molecule has 0 radical (unpaired) electrons. The Bertz CT molecular complexity index is 429. The molecule has 1 rings (SSSR count). The lowest BCUT2D eigenvalue weighted by molar-refractivity contribution is -0.291. The van der Waals surface area contributed by atoms with E-state index in [9.17, 15) is 35.1 Å². The van der Waals surface area contributed by atoms with Gasteiger partial charge >= 0.3 is 12.1 Å². The van der Waals surface area contributed by atoms with Crippen molar-refractivity contribution in [1.29, 1.82) is 0 Å². The Hall–Kier alpha value is -1.38. The standard InChI is InChI=1S/C9H5F8N/c10-3-1-4(11)6(5(12)2-3)7(18)8(13,14)9(15,16)17/h1-2,7H,18H2. The summed E-state index contributed by atoms with van der Waals surface area (Å²) < 4.78 is 100.0. The molecule has 9 heteroatoms. The molecule has 1 aromatic carbocycles.